The lowest BCUT2D eigenvalue weighted by atomic mass is 9.88. The van der Waals surface area contributed by atoms with E-state index in [-0.39, 0.29) is 6.42 Å². The lowest BCUT2D eigenvalue weighted by molar-refractivity contribution is -0.161. The molecule has 12 heavy (non-hydrogen) atoms. The molecule has 0 spiro atoms. The molecular formula is C7H12FNO3. The van der Waals surface area contributed by atoms with E-state index < -0.39 is 23.5 Å². The summed E-state index contributed by atoms with van der Waals surface area (Å²) in [5, 5.41) is 8.43. The Hall–Kier alpha value is -1.13. The van der Waals surface area contributed by atoms with Gasteiger partial charge in [0.15, 0.2) is 0 Å². The van der Waals surface area contributed by atoms with Gasteiger partial charge in [0, 0.05) is 5.92 Å². The van der Waals surface area contributed by atoms with Crippen LogP contribution in [0.3, 0.4) is 0 Å². The van der Waals surface area contributed by atoms with E-state index in [0.29, 0.717) is 0 Å². The number of rotatable bonds is 4. The number of carboxylic acid groups (broad SMARTS) is 1. The topological polar surface area (TPSA) is 80.4 Å². The third-order valence-corrected chi connectivity index (χ3v) is 1.96. The highest BCUT2D eigenvalue weighted by Gasteiger charge is 2.49. The van der Waals surface area contributed by atoms with Crippen LogP contribution in [0.4, 0.5) is 4.39 Å². The van der Waals surface area contributed by atoms with Crippen LogP contribution in [0.5, 0.6) is 0 Å². The number of carboxylic acids is 1. The first-order valence-electron chi connectivity index (χ1n) is 3.59. The molecule has 0 unspecified atom stereocenters. The summed E-state index contributed by atoms with van der Waals surface area (Å²) in [5.41, 5.74) is 1.72. The van der Waals surface area contributed by atoms with Gasteiger partial charge in [0.2, 0.25) is 0 Å². The van der Waals surface area contributed by atoms with Gasteiger partial charge in [-0.3, -0.25) is 4.79 Å². The third kappa shape index (κ3) is 1.54. The lowest BCUT2D eigenvalue weighted by Crippen LogP contribution is -2.51. The van der Waals surface area contributed by atoms with Gasteiger partial charge in [-0.05, 0) is 6.42 Å². The van der Waals surface area contributed by atoms with Crippen LogP contribution in [-0.2, 0) is 9.59 Å². The number of hydrogen-bond donors (Lipinski definition) is 2. The van der Waals surface area contributed by atoms with Crippen LogP contribution in [0.25, 0.3) is 0 Å². The second kappa shape index (κ2) is 3.51. The lowest BCUT2D eigenvalue weighted by Gasteiger charge is -2.22. The Morgan fingerprint density at radius 3 is 2.17 bits per heavy atom. The van der Waals surface area contributed by atoms with E-state index in [2.05, 4.69) is 5.73 Å². The van der Waals surface area contributed by atoms with Crippen LogP contribution in [0.15, 0.2) is 0 Å². The molecule has 0 aromatic heterocycles. The summed E-state index contributed by atoms with van der Waals surface area (Å²) in [5.74, 6) is -4.17. The van der Waals surface area contributed by atoms with E-state index in [4.69, 9.17) is 5.11 Å². The van der Waals surface area contributed by atoms with Crippen LogP contribution >= 0.6 is 0 Å². The molecule has 5 heteroatoms. The van der Waals surface area contributed by atoms with Crippen molar-refractivity contribution in [1.82, 2.24) is 0 Å². The number of amides is 1. The van der Waals surface area contributed by atoms with Gasteiger partial charge in [-0.1, -0.05) is 13.8 Å². The highest BCUT2D eigenvalue weighted by atomic mass is 19.1. The Labute approximate surface area is 69.6 Å². The van der Waals surface area contributed by atoms with Crippen molar-refractivity contribution in [3.8, 4) is 0 Å². The van der Waals surface area contributed by atoms with Crippen LogP contribution in [0, 0.1) is 5.92 Å². The zero-order valence-electron chi connectivity index (χ0n) is 7.00. The molecule has 1 amide bonds. The van der Waals surface area contributed by atoms with E-state index in [0.717, 1.165) is 0 Å². The smallest absolute Gasteiger partial charge is 0.351 e. The van der Waals surface area contributed by atoms with Crippen LogP contribution in [0.1, 0.15) is 20.3 Å². The molecule has 4 nitrogen and oxygen atoms in total. The van der Waals surface area contributed by atoms with Gasteiger partial charge in [-0.2, -0.15) is 0 Å². The minimum absolute atomic E-state index is 0.242. The number of hydrogen-bond acceptors (Lipinski definition) is 2. The maximum Gasteiger partial charge on any atom is 0.351 e. The number of halogens is 1. The second-order valence-corrected chi connectivity index (χ2v) is 2.69. The largest absolute Gasteiger partial charge is 0.478 e. The molecule has 70 valence electrons. The molecule has 0 heterocycles. The molecule has 3 N–H and O–H groups in total. The fraction of sp³-hybridized carbons (Fsp3) is 0.714. The molecular weight excluding hydrogens is 165 g/mol. The van der Waals surface area contributed by atoms with E-state index in [9.17, 15) is 14.0 Å². The minimum Gasteiger partial charge on any atom is -0.478 e. The summed E-state index contributed by atoms with van der Waals surface area (Å²) < 4.78 is 13.4. The Bertz CT molecular complexity index is 191. The zero-order chi connectivity index (χ0) is 9.94. The maximum atomic E-state index is 13.4. The van der Waals surface area contributed by atoms with Gasteiger partial charge < -0.3 is 10.8 Å². The summed E-state index contributed by atoms with van der Waals surface area (Å²) in [4.78, 5) is 20.9. The molecule has 0 bridgehead atoms. The van der Waals surface area contributed by atoms with E-state index in [1.807, 2.05) is 0 Å². The van der Waals surface area contributed by atoms with E-state index >= 15 is 0 Å². The SMILES string of the molecule is CC[C@@H](C)[C@@](F)(C(N)=O)C(=O)O. The molecule has 0 saturated heterocycles. The Morgan fingerprint density at radius 2 is 2.08 bits per heavy atom. The minimum atomic E-state index is -2.94. The van der Waals surface area contributed by atoms with E-state index in [1.54, 1.807) is 6.92 Å². The van der Waals surface area contributed by atoms with Crippen molar-refractivity contribution in [3.05, 3.63) is 0 Å². The molecule has 0 radical (unpaired) electrons. The summed E-state index contributed by atoms with van der Waals surface area (Å²) in [6, 6.07) is 0. The quantitative estimate of drug-likeness (QED) is 0.606. The molecule has 0 fully saturated rings. The van der Waals surface area contributed by atoms with Crippen LogP contribution < -0.4 is 5.73 Å². The molecule has 2 atom stereocenters. The molecule has 0 aliphatic carbocycles. The molecule has 0 aliphatic rings. The summed E-state index contributed by atoms with van der Waals surface area (Å²) >= 11 is 0. The number of carbonyl (C=O) groups is 2. The second-order valence-electron chi connectivity index (χ2n) is 2.69. The summed E-state index contributed by atoms with van der Waals surface area (Å²) in [6.07, 6.45) is 0.242. The highest BCUT2D eigenvalue weighted by molar-refractivity contribution is 6.04. The molecule has 0 aromatic carbocycles. The van der Waals surface area contributed by atoms with Gasteiger partial charge in [0.05, 0.1) is 0 Å². The van der Waals surface area contributed by atoms with Gasteiger partial charge in [-0.15, -0.1) is 0 Å². The number of alkyl halides is 1. The standard InChI is InChI=1S/C7H12FNO3/c1-3-4(2)7(8,5(9)10)6(11)12/h4H,3H2,1-2H3,(H2,9,10)(H,11,12)/t4-,7-/m1/s1. The van der Waals surface area contributed by atoms with Crippen LogP contribution in [-0.4, -0.2) is 22.7 Å². The zero-order valence-corrected chi connectivity index (χ0v) is 7.00. The van der Waals surface area contributed by atoms with Gasteiger partial charge in [0.25, 0.3) is 11.6 Å². The number of nitrogens with two attached hydrogens (primary N) is 1. The predicted octanol–water partition coefficient (Wildman–Crippen LogP) is 0.311. The summed E-state index contributed by atoms with van der Waals surface area (Å²) in [6.45, 7) is 2.92. The van der Waals surface area contributed by atoms with Gasteiger partial charge in [-0.25, -0.2) is 9.18 Å². The van der Waals surface area contributed by atoms with Crippen molar-refractivity contribution in [3.63, 3.8) is 0 Å². The number of primary amides is 1. The highest BCUT2D eigenvalue weighted by Crippen LogP contribution is 2.25. The predicted molar refractivity (Wildman–Crippen MR) is 40.1 cm³/mol. The molecule has 0 saturated carbocycles. The van der Waals surface area contributed by atoms with Crippen molar-refractivity contribution in [2.45, 2.75) is 25.9 Å². The number of aliphatic carboxylic acids is 1. The third-order valence-electron chi connectivity index (χ3n) is 1.96. The number of carbonyl (C=O) groups excluding carboxylic acids is 1. The van der Waals surface area contributed by atoms with Gasteiger partial charge >= 0.3 is 5.97 Å². The average molecular weight is 177 g/mol. The monoisotopic (exact) mass is 177 g/mol. The first-order valence-corrected chi connectivity index (χ1v) is 3.59. The molecule has 0 rings (SSSR count). The van der Waals surface area contributed by atoms with E-state index in [1.165, 1.54) is 6.92 Å². The Morgan fingerprint density at radius 1 is 1.67 bits per heavy atom. The molecule has 0 aromatic rings. The fourth-order valence-corrected chi connectivity index (χ4v) is 0.840. The van der Waals surface area contributed by atoms with Gasteiger partial charge in [0.1, 0.15) is 0 Å². The van der Waals surface area contributed by atoms with Crippen molar-refractivity contribution >= 4 is 11.9 Å². The van der Waals surface area contributed by atoms with Crippen LogP contribution in [0.2, 0.25) is 0 Å². The Balaban J connectivity index is 4.87. The van der Waals surface area contributed by atoms with Crippen molar-refractivity contribution in [2.75, 3.05) is 0 Å². The first-order chi connectivity index (χ1) is 5.37. The van der Waals surface area contributed by atoms with Crippen molar-refractivity contribution in [2.24, 2.45) is 11.7 Å². The maximum absolute atomic E-state index is 13.4. The van der Waals surface area contributed by atoms with Crippen molar-refractivity contribution in [1.29, 1.82) is 0 Å². The Kier molecular flexibility index (Phi) is 3.18. The fourth-order valence-electron chi connectivity index (χ4n) is 0.840. The molecule has 0 aliphatic heterocycles. The van der Waals surface area contributed by atoms with Crippen molar-refractivity contribution < 1.29 is 19.1 Å². The first kappa shape index (κ1) is 10.9. The average Bonchev–Trinajstić information content (AvgIpc) is 2.00. The normalized spacial score (nSPS) is 17.9. The summed E-state index contributed by atoms with van der Waals surface area (Å²) in [7, 11) is 0.